The smallest absolute Gasteiger partial charge is 0.123 e. The largest absolute Gasteiger partial charge is 0.507 e. The lowest BCUT2D eigenvalue weighted by molar-refractivity contribution is 0.477. The Labute approximate surface area is 102 Å². The Bertz CT molecular complexity index is 532. The molecule has 2 nitrogen and oxygen atoms in total. The zero-order chi connectivity index (χ0) is 12.4. The standard InChI is InChI=1S/C15H17NO/c1-11-8-9-15(17)13(10-11)12-6-4-5-7-14(12)16(2)3/h4-10,17H,1-3H3. The van der Waals surface area contributed by atoms with Crippen LogP contribution in [0.2, 0.25) is 0 Å². The highest BCUT2D eigenvalue weighted by Gasteiger charge is 2.10. The average Bonchev–Trinajstić information content (AvgIpc) is 2.32. The second-order valence-electron chi connectivity index (χ2n) is 4.43. The predicted octanol–water partition coefficient (Wildman–Crippen LogP) is 3.43. The van der Waals surface area contributed by atoms with Gasteiger partial charge in [0, 0.05) is 30.9 Å². The highest BCUT2D eigenvalue weighted by molar-refractivity contribution is 5.82. The Kier molecular flexibility index (Phi) is 3.05. The van der Waals surface area contributed by atoms with Gasteiger partial charge in [0.05, 0.1) is 0 Å². The zero-order valence-electron chi connectivity index (χ0n) is 10.4. The van der Waals surface area contributed by atoms with Crippen molar-refractivity contribution in [2.24, 2.45) is 0 Å². The van der Waals surface area contributed by atoms with Crippen LogP contribution in [0.1, 0.15) is 5.56 Å². The van der Waals surface area contributed by atoms with E-state index < -0.39 is 0 Å². The molecule has 1 N–H and O–H groups in total. The maximum atomic E-state index is 9.98. The van der Waals surface area contributed by atoms with Crippen molar-refractivity contribution >= 4 is 5.69 Å². The molecule has 0 amide bonds. The Hall–Kier alpha value is -1.96. The Morgan fingerprint density at radius 2 is 1.65 bits per heavy atom. The van der Waals surface area contributed by atoms with E-state index in [1.165, 1.54) is 0 Å². The third-order valence-electron chi connectivity index (χ3n) is 2.83. The molecule has 17 heavy (non-hydrogen) atoms. The molecular weight excluding hydrogens is 210 g/mol. The summed E-state index contributed by atoms with van der Waals surface area (Å²) in [6, 6.07) is 13.8. The SMILES string of the molecule is Cc1ccc(O)c(-c2ccccc2N(C)C)c1. The van der Waals surface area contributed by atoms with Crippen molar-refractivity contribution < 1.29 is 5.11 Å². The lowest BCUT2D eigenvalue weighted by Gasteiger charge is -2.18. The van der Waals surface area contributed by atoms with Gasteiger partial charge in [0.1, 0.15) is 5.75 Å². The third kappa shape index (κ3) is 2.26. The van der Waals surface area contributed by atoms with Crippen LogP contribution in [-0.2, 0) is 0 Å². The summed E-state index contributed by atoms with van der Waals surface area (Å²) in [4.78, 5) is 2.05. The van der Waals surface area contributed by atoms with E-state index in [-0.39, 0.29) is 0 Å². The highest BCUT2D eigenvalue weighted by Crippen LogP contribution is 2.35. The van der Waals surface area contributed by atoms with Crippen LogP contribution in [0.4, 0.5) is 5.69 Å². The van der Waals surface area contributed by atoms with Crippen LogP contribution in [0.5, 0.6) is 5.75 Å². The summed E-state index contributed by atoms with van der Waals surface area (Å²) in [7, 11) is 4.01. The fourth-order valence-corrected chi connectivity index (χ4v) is 1.96. The minimum Gasteiger partial charge on any atom is -0.507 e. The number of hydrogen-bond donors (Lipinski definition) is 1. The molecule has 0 aromatic heterocycles. The average molecular weight is 227 g/mol. The maximum absolute atomic E-state index is 9.98. The van der Waals surface area contributed by atoms with Crippen LogP contribution in [0, 0.1) is 6.92 Å². The molecule has 0 radical (unpaired) electrons. The molecule has 0 aliphatic carbocycles. The van der Waals surface area contributed by atoms with Gasteiger partial charge in [0.15, 0.2) is 0 Å². The topological polar surface area (TPSA) is 23.5 Å². The van der Waals surface area contributed by atoms with Gasteiger partial charge in [-0.25, -0.2) is 0 Å². The molecule has 0 fully saturated rings. The first-order valence-corrected chi connectivity index (χ1v) is 5.66. The molecule has 2 rings (SSSR count). The summed E-state index contributed by atoms with van der Waals surface area (Å²) in [5, 5.41) is 9.98. The molecule has 0 aliphatic rings. The number of nitrogens with zero attached hydrogens (tertiary/aromatic N) is 1. The normalized spacial score (nSPS) is 10.3. The third-order valence-corrected chi connectivity index (χ3v) is 2.83. The summed E-state index contributed by atoms with van der Waals surface area (Å²) in [6.45, 7) is 2.03. The van der Waals surface area contributed by atoms with Crippen LogP contribution in [-0.4, -0.2) is 19.2 Å². The van der Waals surface area contributed by atoms with E-state index in [1.807, 2.05) is 51.4 Å². The van der Waals surface area contributed by atoms with Crippen molar-refractivity contribution in [1.29, 1.82) is 0 Å². The molecule has 0 heterocycles. The number of phenolic OH excluding ortho intramolecular Hbond substituents is 1. The lowest BCUT2D eigenvalue weighted by atomic mass is 10.0. The predicted molar refractivity (Wildman–Crippen MR) is 72.6 cm³/mol. The molecule has 0 bridgehead atoms. The van der Waals surface area contributed by atoms with Gasteiger partial charge in [0.25, 0.3) is 0 Å². The zero-order valence-corrected chi connectivity index (χ0v) is 10.4. The minimum absolute atomic E-state index is 0.324. The van der Waals surface area contributed by atoms with E-state index in [1.54, 1.807) is 6.07 Å². The quantitative estimate of drug-likeness (QED) is 0.849. The van der Waals surface area contributed by atoms with Gasteiger partial charge in [-0.3, -0.25) is 0 Å². The molecule has 0 saturated carbocycles. The molecule has 0 saturated heterocycles. The number of hydrogen-bond acceptors (Lipinski definition) is 2. The lowest BCUT2D eigenvalue weighted by Crippen LogP contribution is -2.09. The number of rotatable bonds is 2. The summed E-state index contributed by atoms with van der Waals surface area (Å²) in [5.74, 6) is 0.324. The number of anilines is 1. The van der Waals surface area contributed by atoms with E-state index in [0.717, 1.165) is 22.4 Å². The number of benzene rings is 2. The molecule has 88 valence electrons. The van der Waals surface area contributed by atoms with E-state index in [4.69, 9.17) is 0 Å². The Morgan fingerprint density at radius 3 is 2.35 bits per heavy atom. The van der Waals surface area contributed by atoms with Gasteiger partial charge in [-0.05, 0) is 25.1 Å². The van der Waals surface area contributed by atoms with Crippen molar-refractivity contribution in [2.45, 2.75) is 6.92 Å². The molecule has 2 aromatic carbocycles. The maximum Gasteiger partial charge on any atom is 0.123 e. The molecule has 0 unspecified atom stereocenters. The monoisotopic (exact) mass is 227 g/mol. The molecule has 0 spiro atoms. The first-order chi connectivity index (χ1) is 8.09. The van der Waals surface area contributed by atoms with Gasteiger partial charge in [-0.15, -0.1) is 0 Å². The summed E-state index contributed by atoms with van der Waals surface area (Å²) in [5.41, 5.74) is 4.19. The fourth-order valence-electron chi connectivity index (χ4n) is 1.96. The van der Waals surface area contributed by atoms with Crippen molar-refractivity contribution in [3.8, 4) is 16.9 Å². The first kappa shape index (κ1) is 11.5. The highest BCUT2D eigenvalue weighted by atomic mass is 16.3. The summed E-state index contributed by atoms with van der Waals surface area (Å²) in [6.07, 6.45) is 0. The van der Waals surface area contributed by atoms with Crippen molar-refractivity contribution in [3.05, 3.63) is 48.0 Å². The molecule has 0 aliphatic heterocycles. The van der Waals surface area contributed by atoms with E-state index >= 15 is 0 Å². The molecule has 2 heteroatoms. The van der Waals surface area contributed by atoms with Crippen molar-refractivity contribution in [3.63, 3.8) is 0 Å². The van der Waals surface area contributed by atoms with Crippen LogP contribution >= 0.6 is 0 Å². The van der Waals surface area contributed by atoms with Gasteiger partial charge in [0.2, 0.25) is 0 Å². The van der Waals surface area contributed by atoms with Crippen LogP contribution in [0.25, 0.3) is 11.1 Å². The van der Waals surface area contributed by atoms with Crippen LogP contribution in [0.3, 0.4) is 0 Å². The van der Waals surface area contributed by atoms with Crippen LogP contribution < -0.4 is 4.90 Å². The second kappa shape index (κ2) is 4.50. The molecule has 2 aromatic rings. The van der Waals surface area contributed by atoms with Crippen molar-refractivity contribution in [2.75, 3.05) is 19.0 Å². The minimum atomic E-state index is 0.324. The number of phenols is 1. The summed E-state index contributed by atoms with van der Waals surface area (Å²) >= 11 is 0. The van der Waals surface area contributed by atoms with Crippen molar-refractivity contribution in [1.82, 2.24) is 0 Å². The van der Waals surface area contributed by atoms with Gasteiger partial charge in [-0.2, -0.15) is 0 Å². The van der Waals surface area contributed by atoms with Gasteiger partial charge >= 0.3 is 0 Å². The summed E-state index contributed by atoms with van der Waals surface area (Å²) < 4.78 is 0. The number of aromatic hydroxyl groups is 1. The number of aryl methyl sites for hydroxylation is 1. The van der Waals surface area contributed by atoms with E-state index in [0.29, 0.717) is 5.75 Å². The number of para-hydroxylation sites is 1. The van der Waals surface area contributed by atoms with Gasteiger partial charge in [-0.1, -0.05) is 29.8 Å². The first-order valence-electron chi connectivity index (χ1n) is 5.66. The van der Waals surface area contributed by atoms with Gasteiger partial charge < -0.3 is 10.0 Å². The van der Waals surface area contributed by atoms with E-state index in [2.05, 4.69) is 11.0 Å². The van der Waals surface area contributed by atoms with Crippen LogP contribution in [0.15, 0.2) is 42.5 Å². The Balaban J connectivity index is 2.64. The van der Waals surface area contributed by atoms with E-state index in [9.17, 15) is 5.11 Å². The molecule has 0 atom stereocenters. The second-order valence-corrected chi connectivity index (χ2v) is 4.43. The fraction of sp³-hybridized carbons (Fsp3) is 0.200. The molecular formula is C15H17NO. The Morgan fingerprint density at radius 1 is 0.941 bits per heavy atom.